The number of carbonyl (C=O) groups is 1. The lowest BCUT2D eigenvalue weighted by Crippen LogP contribution is -2.32. The lowest BCUT2D eigenvalue weighted by molar-refractivity contribution is -0.134. The molecule has 0 heterocycles. The Bertz CT molecular complexity index is 288. The Labute approximate surface area is 98.2 Å². The van der Waals surface area contributed by atoms with Crippen LogP contribution in [-0.4, -0.2) is 17.1 Å². The Hall–Kier alpha value is -1.12. The lowest BCUT2D eigenvalue weighted by Gasteiger charge is -2.28. The van der Waals surface area contributed by atoms with Crippen LogP contribution >= 0.6 is 0 Å². The second kappa shape index (κ2) is 5.83. The summed E-state index contributed by atoms with van der Waals surface area (Å²) < 4.78 is 0. The zero-order valence-electron chi connectivity index (χ0n) is 10.6. The molecule has 90 valence electrons. The van der Waals surface area contributed by atoms with Gasteiger partial charge in [0.05, 0.1) is 0 Å². The van der Waals surface area contributed by atoms with Crippen LogP contribution in [0.5, 0.6) is 0 Å². The van der Waals surface area contributed by atoms with Gasteiger partial charge < -0.3 is 0 Å². The van der Waals surface area contributed by atoms with E-state index in [9.17, 15) is 4.79 Å². The number of hydrogen-bond acceptors (Lipinski definition) is 2. The molecule has 16 heavy (non-hydrogen) atoms. The summed E-state index contributed by atoms with van der Waals surface area (Å²) in [5.41, 5.74) is 0.696. The predicted molar refractivity (Wildman–Crippen MR) is 66.9 cm³/mol. The molecule has 0 aromatic heterocycles. The van der Waals surface area contributed by atoms with E-state index in [0.717, 1.165) is 31.6 Å². The Balaban J connectivity index is 2.64. The summed E-state index contributed by atoms with van der Waals surface area (Å²) in [5, 5.41) is 5.52. The second-order valence-electron chi connectivity index (χ2n) is 4.72. The molecule has 0 N–H and O–H groups in total. The summed E-state index contributed by atoms with van der Waals surface area (Å²) in [5.74, 6) is 1.01. The van der Waals surface area contributed by atoms with Crippen LogP contribution in [-0.2, 0) is 4.79 Å². The van der Waals surface area contributed by atoms with Gasteiger partial charge >= 0.3 is 0 Å². The summed E-state index contributed by atoms with van der Waals surface area (Å²) in [7, 11) is 0. The molecule has 0 aliphatic heterocycles. The van der Waals surface area contributed by atoms with Crippen molar-refractivity contribution in [3.05, 3.63) is 12.3 Å². The van der Waals surface area contributed by atoms with Gasteiger partial charge in [-0.05, 0) is 45.4 Å². The molecule has 3 nitrogen and oxygen atoms in total. The fourth-order valence-corrected chi connectivity index (χ4v) is 2.14. The minimum atomic E-state index is 0.109. The van der Waals surface area contributed by atoms with Crippen LogP contribution in [0.15, 0.2) is 17.4 Å². The molecule has 0 saturated heterocycles. The number of nitrogens with zero attached hydrogens (tertiary/aromatic N) is 2. The van der Waals surface area contributed by atoms with Crippen molar-refractivity contribution in [3.63, 3.8) is 0 Å². The van der Waals surface area contributed by atoms with Crippen molar-refractivity contribution in [2.24, 2.45) is 16.9 Å². The monoisotopic (exact) mass is 222 g/mol. The Morgan fingerprint density at radius 2 is 1.94 bits per heavy atom. The maximum absolute atomic E-state index is 12.2. The minimum Gasteiger partial charge on any atom is -0.272 e. The van der Waals surface area contributed by atoms with Gasteiger partial charge in [-0.3, -0.25) is 4.79 Å². The van der Waals surface area contributed by atoms with Crippen molar-refractivity contribution in [2.75, 3.05) is 0 Å². The number of hydrazone groups is 1. The van der Waals surface area contributed by atoms with Crippen molar-refractivity contribution in [1.29, 1.82) is 0 Å². The van der Waals surface area contributed by atoms with E-state index in [1.165, 1.54) is 5.01 Å². The number of hydrogen-bond donors (Lipinski definition) is 0. The highest BCUT2D eigenvalue weighted by molar-refractivity contribution is 5.81. The first kappa shape index (κ1) is 12.9. The molecule has 0 spiro atoms. The van der Waals surface area contributed by atoms with Gasteiger partial charge in [-0.1, -0.05) is 13.5 Å². The molecular weight excluding hydrogens is 200 g/mol. The number of amides is 1. The van der Waals surface area contributed by atoms with Gasteiger partial charge in [0.1, 0.15) is 0 Å². The van der Waals surface area contributed by atoms with E-state index in [4.69, 9.17) is 0 Å². The second-order valence-corrected chi connectivity index (χ2v) is 4.72. The summed E-state index contributed by atoms with van der Waals surface area (Å²) in [6, 6.07) is 0. The molecule has 0 aromatic rings. The van der Waals surface area contributed by atoms with Crippen LogP contribution in [0.2, 0.25) is 0 Å². The average molecular weight is 222 g/mol. The molecule has 1 fully saturated rings. The maximum Gasteiger partial charge on any atom is 0.250 e. The van der Waals surface area contributed by atoms with Crippen LogP contribution in [0.4, 0.5) is 0 Å². The molecule has 0 radical (unpaired) electrons. The van der Waals surface area contributed by atoms with Crippen molar-refractivity contribution >= 4 is 12.1 Å². The largest absolute Gasteiger partial charge is 0.272 e. The fourth-order valence-electron chi connectivity index (χ4n) is 2.14. The van der Waals surface area contributed by atoms with Crippen molar-refractivity contribution < 1.29 is 4.79 Å². The van der Waals surface area contributed by atoms with E-state index in [-0.39, 0.29) is 11.8 Å². The molecule has 0 aromatic carbocycles. The van der Waals surface area contributed by atoms with Crippen molar-refractivity contribution in [3.8, 4) is 0 Å². The van der Waals surface area contributed by atoms with E-state index in [1.54, 1.807) is 6.21 Å². The molecule has 1 aliphatic carbocycles. The standard InChI is InChI=1S/C13H22N2O/c1-5-14-15(10(2)3)13(16)12-8-6-11(4)7-9-12/h5,11-12H,2,6-9H2,1,3-4H3/b14-5-. The molecule has 0 unspecified atom stereocenters. The highest BCUT2D eigenvalue weighted by atomic mass is 16.2. The van der Waals surface area contributed by atoms with Gasteiger partial charge in [-0.25, -0.2) is 5.01 Å². The van der Waals surface area contributed by atoms with Crippen LogP contribution in [0.3, 0.4) is 0 Å². The molecule has 0 atom stereocenters. The zero-order chi connectivity index (χ0) is 12.1. The molecule has 0 bridgehead atoms. The first-order valence-corrected chi connectivity index (χ1v) is 6.04. The van der Waals surface area contributed by atoms with Gasteiger partial charge in [0.2, 0.25) is 5.91 Å². The van der Waals surface area contributed by atoms with Gasteiger partial charge in [0.25, 0.3) is 0 Å². The lowest BCUT2D eigenvalue weighted by atomic mass is 9.82. The molecule has 1 rings (SSSR count). The van der Waals surface area contributed by atoms with E-state index < -0.39 is 0 Å². The molecular formula is C13H22N2O. The first-order valence-electron chi connectivity index (χ1n) is 6.04. The van der Waals surface area contributed by atoms with Gasteiger partial charge in [-0.15, -0.1) is 0 Å². The smallest absolute Gasteiger partial charge is 0.250 e. The van der Waals surface area contributed by atoms with Gasteiger partial charge in [0, 0.05) is 17.8 Å². The SMILES string of the molecule is C=C(C)N(/N=C\C)C(=O)C1CCC(C)CC1. The third kappa shape index (κ3) is 3.19. The topological polar surface area (TPSA) is 32.7 Å². The van der Waals surface area contributed by atoms with Crippen LogP contribution in [0, 0.1) is 11.8 Å². The van der Waals surface area contributed by atoms with E-state index in [0.29, 0.717) is 5.70 Å². The van der Waals surface area contributed by atoms with Crippen molar-refractivity contribution in [1.82, 2.24) is 5.01 Å². The van der Waals surface area contributed by atoms with Gasteiger partial charge in [-0.2, -0.15) is 5.10 Å². The van der Waals surface area contributed by atoms with E-state index in [2.05, 4.69) is 18.6 Å². The van der Waals surface area contributed by atoms with Crippen molar-refractivity contribution in [2.45, 2.75) is 46.5 Å². The summed E-state index contributed by atoms with van der Waals surface area (Å²) in [6.45, 7) is 9.68. The zero-order valence-corrected chi connectivity index (χ0v) is 10.6. The third-order valence-electron chi connectivity index (χ3n) is 3.17. The van der Waals surface area contributed by atoms with E-state index in [1.807, 2.05) is 13.8 Å². The summed E-state index contributed by atoms with van der Waals surface area (Å²) in [6.07, 6.45) is 5.91. The molecule has 3 heteroatoms. The predicted octanol–water partition coefficient (Wildman–Crippen LogP) is 3.18. The minimum absolute atomic E-state index is 0.109. The number of carbonyl (C=O) groups excluding carboxylic acids is 1. The Morgan fingerprint density at radius 3 is 2.38 bits per heavy atom. The maximum atomic E-state index is 12.2. The molecule has 1 amide bonds. The van der Waals surface area contributed by atoms with Crippen LogP contribution in [0.25, 0.3) is 0 Å². The Kier molecular flexibility index (Phi) is 4.71. The highest BCUT2D eigenvalue weighted by Gasteiger charge is 2.28. The number of rotatable bonds is 3. The highest BCUT2D eigenvalue weighted by Crippen LogP contribution is 2.30. The fraction of sp³-hybridized carbons (Fsp3) is 0.692. The van der Waals surface area contributed by atoms with Crippen LogP contribution in [0.1, 0.15) is 46.5 Å². The van der Waals surface area contributed by atoms with Crippen LogP contribution < -0.4 is 0 Å². The first-order chi connectivity index (χ1) is 7.56. The summed E-state index contributed by atoms with van der Waals surface area (Å²) >= 11 is 0. The average Bonchev–Trinajstić information content (AvgIpc) is 2.25. The van der Waals surface area contributed by atoms with E-state index >= 15 is 0 Å². The quantitative estimate of drug-likeness (QED) is 0.533. The number of allylic oxidation sites excluding steroid dienone is 1. The Morgan fingerprint density at radius 1 is 1.38 bits per heavy atom. The molecule has 1 saturated carbocycles. The summed E-state index contributed by atoms with van der Waals surface area (Å²) in [4.78, 5) is 12.2. The normalized spacial score (nSPS) is 25.7. The van der Waals surface area contributed by atoms with Gasteiger partial charge in [0.15, 0.2) is 0 Å². The molecule has 1 aliphatic rings. The third-order valence-corrected chi connectivity index (χ3v) is 3.17.